The van der Waals surface area contributed by atoms with Gasteiger partial charge in [0, 0.05) is 12.2 Å². The van der Waals surface area contributed by atoms with E-state index in [9.17, 15) is 0 Å². The topological polar surface area (TPSA) is 36.9 Å². The van der Waals surface area contributed by atoms with Crippen LogP contribution in [0.1, 0.15) is 18.4 Å². The molecule has 23 heavy (non-hydrogen) atoms. The number of hydrazone groups is 1. The number of hydrogen-bond acceptors (Lipinski definition) is 3. The second-order valence-corrected chi connectivity index (χ2v) is 5.68. The van der Waals surface area contributed by atoms with Crippen molar-refractivity contribution in [1.82, 2.24) is 5.01 Å². The summed E-state index contributed by atoms with van der Waals surface area (Å²) in [6.45, 7) is 0.832. The number of benzene rings is 2. The molecule has 1 heterocycles. The van der Waals surface area contributed by atoms with E-state index in [4.69, 9.17) is 22.1 Å². The van der Waals surface area contributed by atoms with Crippen LogP contribution in [0.3, 0.4) is 0 Å². The minimum absolute atomic E-state index is 0.614. The van der Waals surface area contributed by atoms with Gasteiger partial charge < -0.3 is 10.1 Å². The number of thiocarbonyl (C=S) groups is 1. The summed E-state index contributed by atoms with van der Waals surface area (Å²) in [7, 11) is 1.65. The first-order chi connectivity index (χ1) is 11.3. The third-order valence-electron chi connectivity index (χ3n) is 3.71. The van der Waals surface area contributed by atoms with E-state index in [1.54, 1.807) is 7.11 Å². The zero-order valence-electron chi connectivity index (χ0n) is 13.0. The van der Waals surface area contributed by atoms with Gasteiger partial charge in [-0.25, -0.2) is 5.01 Å². The zero-order valence-corrected chi connectivity index (χ0v) is 13.8. The smallest absolute Gasteiger partial charge is 0.194 e. The number of methoxy groups -OCH3 is 1. The fourth-order valence-electron chi connectivity index (χ4n) is 2.48. The Balaban J connectivity index is 1.71. The summed E-state index contributed by atoms with van der Waals surface area (Å²) in [6.07, 6.45) is 2.02. The Labute approximate surface area is 141 Å². The lowest BCUT2D eigenvalue weighted by Gasteiger charge is -2.26. The van der Waals surface area contributed by atoms with E-state index >= 15 is 0 Å². The fraction of sp³-hybridized carbons (Fsp3) is 0.222. The predicted molar refractivity (Wildman–Crippen MR) is 98.1 cm³/mol. The molecule has 0 aliphatic carbocycles. The molecule has 1 aliphatic heterocycles. The van der Waals surface area contributed by atoms with E-state index in [1.807, 2.05) is 47.5 Å². The first kappa shape index (κ1) is 15.5. The van der Waals surface area contributed by atoms with Crippen LogP contribution in [0.2, 0.25) is 0 Å². The summed E-state index contributed by atoms with van der Waals surface area (Å²) in [5, 5.41) is 10.4. The third-order valence-corrected chi connectivity index (χ3v) is 4.02. The van der Waals surface area contributed by atoms with E-state index in [0.29, 0.717) is 5.11 Å². The predicted octanol–water partition coefficient (Wildman–Crippen LogP) is 3.89. The van der Waals surface area contributed by atoms with Gasteiger partial charge in [-0.05, 0) is 54.9 Å². The fourth-order valence-corrected chi connectivity index (χ4v) is 2.73. The molecule has 2 aromatic carbocycles. The maximum atomic E-state index is 5.50. The molecule has 5 heteroatoms. The molecule has 118 valence electrons. The Bertz CT molecular complexity index is 698. The Kier molecular flexibility index (Phi) is 4.88. The van der Waals surface area contributed by atoms with Crippen molar-refractivity contribution >= 4 is 28.7 Å². The summed E-state index contributed by atoms with van der Waals surface area (Å²) in [5.41, 5.74) is 3.16. The van der Waals surface area contributed by atoms with E-state index in [-0.39, 0.29) is 0 Å². The van der Waals surface area contributed by atoms with Gasteiger partial charge in [0.15, 0.2) is 5.11 Å². The van der Waals surface area contributed by atoms with Gasteiger partial charge in [-0.15, -0.1) is 0 Å². The standard InChI is InChI=1S/C18H19N3OS/c1-22-16-11-9-15(10-12-16)19-18(23)21-13-5-8-17(20-21)14-6-3-2-4-7-14/h2-4,6-7,9-12H,5,8,13H2,1H3,(H,19,23). The lowest BCUT2D eigenvalue weighted by Crippen LogP contribution is -2.35. The van der Waals surface area contributed by atoms with Crippen molar-refractivity contribution in [2.24, 2.45) is 5.10 Å². The van der Waals surface area contributed by atoms with Crippen LogP contribution < -0.4 is 10.1 Å². The normalized spacial score (nSPS) is 14.1. The lowest BCUT2D eigenvalue weighted by molar-refractivity contribution is 0.415. The number of anilines is 1. The monoisotopic (exact) mass is 325 g/mol. The summed E-state index contributed by atoms with van der Waals surface area (Å²) >= 11 is 5.50. The Morgan fingerprint density at radius 1 is 1.13 bits per heavy atom. The van der Waals surface area contributed by atoms with Crippen LogP contribution in [-0.4, -0.2) is 29.5 Å². The lowest BCUT2D eigenvalue weighted by atomic mass is 10.0. The van der Waals surface area contributed by atoms with Gasteiger partial charge >= 0.3 is 0 Å². The second-order valence-electron chi connectivity index (χ2n) is 5.30. The molecule has 1 aliphatic rings. The zero-order chi connectivity index (χ0) is 16.1. The van der Waals surface area contributed by atoms with Crippen molar-refractivity contribution < 1.29 is 4.74 Å². The highest BCUT2D eigenvalue weighted by Crippen LogP contribution is 2.18. The summed E-state index contributed by atoms with van der Waals surface area (Å²) in [5.74, 6) is 0.823. The molecule has 0 amide bonds. The number of nitrogens with one attached hydrogen (secondary N) is 1. The van der Waals surface area contributed by atoms with Gasteiger partial charge in [-0.1, -0.05) is 30.3 Å². The molecule has 0 radical (unpaired) electrons. The highest BCUT2D eigenvalue weighted by Gasteiger charge is 2.16. The summed E-state index contributed by atoms with van der Waals surface area (Å²) < 4.78 is 5.16. The minimum atomic E-state index is 0.614. The van der Waals surface area contributed by atoms with Crippen molar-refractivity contribution in [3.8, 4) is 5.75 Å². The summed E-state index contributed by atoms with van der Waals surface area (Å²) in [4.78, 5) is 0. The molecule has 0 spiro atoms. The maximum absolute atomic E-state index is 5.50. The average molecular weight is 325 g/mol. The number of hydrogen-bond donors (Lipinski definition) is 1. The molecule has 4 nitrogen and oxygen atoms in total. The third kappa shape index (κ3) is 3.87. The molecule has 1 N–H and O–H groups in total. The molecular weight excluding hydrogens is 306 g/mol. The van der Waals surface area contributed by atoms with Crippen LogP contribution in [0, 0.1) is 0 Å². The van der Waals surface area contributed by atoms with E-state index in [1.165, 1.54) is 0 Å². The van der Waals surface area contributed by atoms with Crippen LogP contribution >= 0.6 is 12.2 Å². The Morgan fingerprint density at radius 3 is 2.57 bits per heavy atom. The van der Waals surface area contributed by atoms with Crippen LogP contribution in [0.4, 0.5) is 5.69 Å². The number of nitrogens with zero attached hydrogens (tertiary/aromatic N) is 2. The van der Waals surface area contributed by atoms with Crippen molar-refractivity contribution in [3.63, 3.8) is 0 Å². The first-order valence-corrected chi connectivity index (χ1v) is 8.02. The average Bonchev–Trinajstić information content (AvgIpc) is 2.63. The minimum Gasteiger partial charge on any atom is -0.497 e. The van der Waals surface area contributed by atoms with Crippen LogP contribution in [0.25, 0.3) is 0 Å². The van der Waals surface area contributed by atoms with Gasteiger partial charge in [0.1, 0.15) is 5.75 Å². The number of ether oxygens (including phenoxy) is 1. The van der Waals surface area contributed by atoms with Crippen LogP contribution in [0.5, 0.6) is 5.75 Å². The molecule has 0 saturated heterocycles. The molecule has 0 aromatic heterocycles. The van der Waals surface area contributed by atoms with Crippen molar-refractivity contribution in [3.05, 3.63) is 60.2 Å². The molecule has 0 fully saturated rings. The Morgan fingerprint density at radius 2 is 1.87 bits per heavy atom. The van der Waals surface area contributed by atoms with Gasteiger partial charge in [0.2, 0.25) is 0 Å². The highest BCUT2D eigenvalue weighted by molar-refractivity contribution is 7.80. The molecule has 0 saturated carbocycles. The van der Waals surface area contributed by atoms with Gasteiger partial charge in [0.05, 0.1) is 12.8 Å². The highest BCUT2D eigenvalue weighted by atomic mass is 32.1. The van der Waals surface area contributed by atoms with Crippen LogP contribution in [-0.2, 0) is 0 Å². The Hall–Kier alpha value is -2.40. The number of rotatable bonds is 3. The SMILES string of the molecule is COc1ccc(NC(=S)N2CCCC(c3ccccc3)=N2)cc1. The van der Waals surface area contributed by atoms with Gasteiger partial charge in [-0.2, -0.15) is 5.10 Å². The molecule has 0 unspecified atom stereocenters. The van der Waals surface area contributed by atoms with Crippen molar-refractivity contribution in [2.75, 3.05) is 19.0 Å². The van der Waals surface area contributed by atoms with Crippen molar-refractivity contribution in [1.29, 1.82) is 0 Å². The summed E-state index contributed by atoms with van der Waals surface area (Å²) in [6, 6.07) is 17.9. The molecule has 0 atom stereocenters. The molecule has 0 bridgehead atoms. The van der Waals surface area contributed by atoms with E-state index < -0.39 is 0 Å². The largest absolute Gasteiger partial charge is 0.497 e. The maximum Gasteiger partial charge on any atom is 0.194 e. The van der Waals surface area contributed by atoms with Crippen molar-refractivity contribution in [2.45, 2.75) is 12.8 Å². The van der Waals surface area contributed by atoms with E-state index in [0.717, 1.165) is 42.1 Å². The molecular formula is C18H19N3OS. The van der Waals surface area contributed by atoms with Gasteiger partial charge in [0.25, 0.3) is 0 Å². The van der Waals surface area contributed by atoms with Crippen LogP contribution in [0.15, 0.2) is 59.7 Å². The molecule has 2 aromatic rings. The van der Waals surface area contributed by atoms with Gasteiger partial charge in [-0.3, -0.25) is 0 Å². The van der Waals surface area contributed by atoms with E-state index in [2.05, 4.69) is 17.4 Å². The quantitative estimate of drug-likeness (QED) is 0.869. The molecule has 3 rings (SSSR count). The first-order valence-electron chi connectivity index (χ1n) is 7.62. The second kappa shape index (κ2) is 7.24.